The first-order chi connectivity index (χ1) is 9.82. The Morgan fingerprint density at radius 3 is 2.41 bits per heavy atom. The molecule has 8 heteroatoms. The summed E-state index contributed by atoms with van der Waals surface area (Å²) in [6.07, 6.45) is 3.24. The van der Waals surface area contributed by atoms with E-state index in [4.69, 9.17) is 5.73 Å². The number of rotatable bonds is 4. The minimum Gasteiger partial charge on any atom is -0.329 e. The summed E-state index contributed by atoms with van der Waals surface area (Å²) in [5.41, 5.74) is 4.93. The predicted molar refractivity (Wildman–Crippen MR) is 83.3 cm³/mol. The van der Waals surface area contributed by atoms with Crippen molar-refractivity contribution in [2.75, 3.05) is 6.54 Å². The van der Waals surface area contributed by atoms with Crippen molar-refractivity contribution in [1.82, 2.24) is 4.72 Å². The number of halogens is 3. The molecule has 2 rings (SSSR count). The van der Waals surface area contributed by atoms with E-state index in [2.05, 4.69) is 4.72 Å². The van der Waals surface area contributed by atoms with E-state index in [1.807, 2.05) is 6.92 Å². The fourth-order valence-electron chi connectivity index (χ4n) is 2.97. The molecule has 2 atom stereocenters. The first-order valence-corrected chi connectivity index (χ1v) is 8.49. The van der Waals surface area contributed by atoms with Crippen molar-refractivity contribution in [2.24, 2.45) is 11.7 Å². The van der Waals surface area contributed by atoms with Crippen molar-refractivity contribution in [3.8, 4) is 0 Å². The molecule has 1 aliphatic carbocycles. The Balaban J connectivity index is 0.00000242. The quantitative estimate of drug-likeness (QED) is 0.872. The maximum absolute atomic E-state index is 13.7. The van der Waals surface area contributed by atoms with Gasteiger partial charge in [0.05, 0.1) is 0 Å². The number of nitrogens with one attached hydrogen (secondary N) is 1. The monoisotopic (exact) mass is 354 g/mol. The first kappa shape index (κ1) is 19.3. The average Bonchev–Trinajstić information content (AvgIpc) is 2.40. The molecular formula is C14H21ClF2N2O2S. The Bertz CT molecular complexity index is 607. The van der Waals surface area contributed by atoms with Gasteiger partial charge in [-0.2, -0.15) is 0 Å². The fraction of sp³-hybridized carbons (Fsp3) is 0.571. The molecule has 0 spiro atoms. The highest BCUT2D eigenvalue weighted by atomic mass is 35.5. The summed E-state index contributed by atoms with van der Waals surface area (Å²) in [6, 6.07) is 2.99. The highest BCUT2D eigenvalue weighted by molar-refractivity contribution is 7.89. The summed E-state index contributed by atoms with van der Waals surface area (Å²) in [4.78, 5) is -0.935. The second kappa shape index (κ2) is 7.21. The van der Waals surface area contributed by atoms with Crippen LogP contribution < -0.4 is 10.5 Å². The van der Waals surface area contributed by atoms with E-state index in [9.17, 15) is 17.2 Å². The second-order valence-electron chi connectivity index (χ2n) is 5.66. The van der Waals surface area contributed by atoms with Crippen molar-refractivity contribution >= 4 is 22.4 Å². The van der Waals surface area contributed by atoms with Gasteiger partial charge in [0, 0.05) is 12.1 Å². The molecule has 0 aliphatic heterocycles. The van der Waals surface area contributed by atoms with Gasteiger partial charge in [-0.25, -0.2) is 21.9 Å². The number of nitrogens with two attached hydrogens (primary N) is 1. The standard InChI is InChI=1S/C14H20F2N2O2S.ClH/c1-10-5-2-3-8-14(10,9-17)18-21(19,20)13-11(15)6-4-7-12(13)16;/h4,6-7,10,18H,2-3,5,8-9,17H2,1H3;1H. The molecule has 0 amide bonds. The first-order valence-electron chi connectivity index (χ1n) is 7.00. The van der Waals surface area contributed by atoms with E-state index in [1.54, 1.807) is 0 Å². The van der Waals surface area contributed by atoms with E-state index in [0.717, 1.165) is 37.5 Å². The van der Waals surface area contributed by atoms with Crippen molar-refractivity contribution in [2.45, 2.75) is 43.0 Å². The normalized spacial score (nSPS) is 25.5. The lowest BCUT2D eigenvalue weighted by molar-refractivity contribution is 0.191. The van der Waals surface area contributed by atoms with Gasteiger partial charge in [-0.15, -0.1) is 12.4 Å². The van der Waals surface area contributed by atoms with Gasteiger partial charge in [0.15, 0.2) is 4.90 Å². The van der Waals surface area contributed by atoms with Crippen LogP contribution in [0.15, 0.2) is 23.1 Å². The summed E-state index contributed by atoms with van der Waals surface area (Å²) >= 11 is 0. The van der Waals surface area contributed by atoms with Gasteiger partial charge in [0.1, 0.15) is 11.6 Å². The van der Waals surface area contributed by atoms with Crippen molar-refractivity contribution in [3.63, 3.8) is 0 Å². The molecule has 0 radical (unpaired) electrons. The Kier molecular flexibility index (Phi) is 6.32. The Morgan fingerprint density at radius 1 is 1.32 bits per heavy atom. The van der Waals surface area contributed by atoms with Crippen LogP contribution >= 0.6 is 12.4 Å². The average molecular weight is 355 g/mol. The fourth-order valence-corrected chi connectivity index (χ4v) is 4.64. The molecule has 2 unspecified atom stereocenters. The van der Waals surface area contributed by atoms with Crippen molar-refractivity contribution in [1.29, 1.82) is 0 Å². The van der Waals surface area contributed by atoms with Gasteiger partial charge in [0.25, 0.3) is 0 Å². The SMILES string of the molecule is CC1CCCCC1(CN)NS(=O)(=O)c1c(F)cccc1F.Cl. The zero-order valence-electron chi connectivity index (χ0n) is 12.3. The molecule has 1 aliphatic rings. The maximum Gasteiger partial charge on any atom is 0.246 e. The summed E-state index contributed by atoms with van der Waals surface area (Å²) in [6.45, 7) is 2.01. The summed E-state index contributed by atoms with van der Waals surface area (Å²) in [5, 5.41) is 0. The Hall–Kier alpha value is -0.760. The number of sulfonamides is 1. The summed E-state index contributed by atoms with van der Waals surface area (Å²) in [5.74, 6) is -2.18. The highest BCUT2D eigenvalue weighted by Gasteiger charge is 2.41. The molecular weight excluding hydrogens is 334 g/mol. The van der Waals surface area contributed by atoms with Gasteiger partial charge in [-0.3, -0.25) is 0 Å². The molecule has 4 nitrogen and oxygen atoms in total. The lowest BCUT2D eigenvalue weighted by atomic mass is 9.74. The minimum atomic E-state index is -4.30. The van der Waals surface area contributed by atoms with Gasteiger partial charge < -0.3 is 5.73 Å². The van der Waals surface area contributed by atoms with Crippen LogP contribution in [-0.2, 0) is 10.0 Å². The van der Waals surface area contributed by atoms with Crippen LogP contribution in [0.4, 0.5) is 8.78 Å². The van der Waals surface area contributed by atoms with Crippen LogP contribution in [0.3, 0.4) is 0 Å². The third kappa shape index (κ3) is 3.59. The van der Waals surface area contributed by atoms with Gasteiger partial charge in [0.2, 0.25) is 10.0 Å². The van der Waals surface area contributed by atoms with Gasteiger partial charge in [-0.1, -0.05) is 25.8 Å². The number of hydrogen-bond acceptors (Lipinski definition) is 3. The number of benzene rings is 1. The zero-order valence-corrected chi connectivity index (χ0v) is 13.9. The molecule has 3 N–H and O–H groups in total. The molecule has 22 heavy (non-hydrogen) atoms. The molecule has 1 fully saturated rings. The lowest BCUT2D eigenvalue weighted by Gasteiger charge is -2.42. The minimum absolute atomic E-state index is 0. The molecule has 0 saturated heterocycles. The van der Waals surface area contributed by atoms with Crippen molar-refractivity contribution < 1.29 is 17.2 Å². The third-order valence-corrected chi connectivity index (χ3v) is 5.95. The van der Waals surface area contributed by atoms with Crippen LogP contribution in [0.25, 0.3) is 0 Å². The van der Waals surface area contributed by atoms with E-state index in [1.165, 1.54) is 0 Å². The lowest BCUT2D eigenvalue weighted by Crippen LogP contribution is -2.59. The third-order valence-electron chi connectivity index (χ3n) is 4.34. The molecule has 0 bridgehead atoms. The van der Waals surface area contributed by atoms with E-state index >= 15 is 0 Å². The zero-order chi connectivity index (χ0) is 15.7. The predicted octanol–water partition coefficient (Wildman–Crippen LogP) is 2.57. The molecule has 1 aromatic carbocycles. The van der Waals surface area contributed by atoms with Crippen LogP contribution in [0.2, 0.25) is 0 Å². The molecule has 1 aromatic rings. The van der Waals surface area contributed by atoms with Gasteiger partial charge in [-0.05, 0) is 30.9 Å². The van der Waals surface area contributed by atoms with Crippen LogP contribution in [0, 0.1) is 17.6 Å². The summed E-state index contributed by atoms with van der Waals surface area (Å²) in [7, 11) is -4.30. The van der Waals surface area contributed by atoms with E-state index < -0.39 is 32.1 Å². The van der Waals surface area contributed by atoms with Crippen LogP contribution in [0.1, 0.15) is 32.6 Å². The Morgan fingerprint density at radius 2 is 1.91 bits per heavy atom. The van der Waals surface area contributed by atoms with Gasteiger partial charge >= 0.3 is 0 Å². The smallest absolute Gasteiger partial charge is 0.246 e. The van der Waals surface area contributed by atoms with Crippen LogP contribution in [0.5, 0.6) is 0 Å². The molecule has 0 aromatic heterocycles. The largest absolute Gasteiger partial charge is 0.329 e. The number of hydrogen-bond donors (Lipinski definition) is 2. The van der Waals surface area contributed by atoms with E-state index in [-0.39, 0.29) is 24.9 Å². The second-order valence-corrected chi connectivity index (χ2v) is 7.28. The highest BCUT2D eigenvalue weighted by Crippen LogP contribution is 2.34. The maximum atomic E-state index is 13.7. The summed E-state index contributed by atoms with van der Waals surface area (Å²) < 4.78 is 54.8. The topological polar surface area (TPSA) is 72.2 Å². The Labute approximate surface area is 135 Å². The molecule has 1 saturated carbocycles. The van der Waals surface area contributed by atoms with E-state index in [0.29, 0.717) is 6.42 Å². The van der Waals surface area contributed by atoms with Crippen LogP contribution in [-0.4, -0.2) is 20.5 Å². The van der Waals surface area contributed by atoms with Crippen molar-refractivity contribution in [3.05, 3.63) is 29.8 Å². The molecule has 126 valence electrons. The molecule has 0 heterocycles.